The van der Waals surface area contributed by atoms with E-state index in [0.717, 1.165) is 11.1 Å². The fourth-order valence-corrected chi connectivity index (χ4v) is 6.33. The van der Waals surface area contributed by atoms with Gasteiger partial charge in [-0.15, -0.1) is 11.3 Å². The van der Waals surface area contributed by atoms with Gasteiger partial charge >= 0.3 is 5.97 Å². The highest BCUT2D eigenvalue weighted by molar-refractivity contribution is 7.09. The standard InChI is InChI=1S/C31H37N3O4S/c1-20(2)17-31(29(37)38)18-24(26(35)33-19-21-9-7-6-8-10-21)25(27-32-15-16-39-27)34(31)28(36)22-11-13-23(14-12-22)30(3,4)5/h6-16,20,24-25H,17-19H2,1-5H3,(H,33,35)(H,37,38)/t24-,25+,31-/m0/s1. The molecule has 0 aliphatic carbocycles. The number of hydrogen-bond acceptors (Lipinski definition) is 5. The second-order valence-electron chi connectivity index (χ2n) is 11.8. The SMILES string of the molecule is CC(C)C[C@@]1(C(=O)O)C[C@H](C(=O)NCc2ccccc2)[C@H](c2nccs2)N1C(=O)c1ccc(C(C)(C)C)cc1. The van der Waals surface area contributed by atoms with Crippen LogP contribution in [0.1, 0.15) is 80.0 Å². The number of likely N-dealkylation sites (tertiary alicyclic amines) is 1. The first-order chi connectivity index (χ1) is 18.4. The zero-order valence-corrected chi connectivity index (χ0v) is 24.0. The molecular weight excluding hydrogens is 510 g/mol. The van der Waals surface area contributed by atoms with Gasteiger partial charge in [-0.1, -0.05) is 77.1 Å². The summed E-state index contributed by atoms with van der Waals surface area (Å²) in [5.41, 5.74) is 0.751. The molecule has 0 spiro atoms. The number of thiazole rings is 1. The number of carbonyl (C=O) groups is 3. The Morgan fingerprint density at radius 2 is 1.77 bits per heavy atom. The van der Waals surface area contributed by atoms with Crippen molar-refractivity contribution in [3.8, 4) is 0 Å². The van der Waals surface area contributed by atoms with Gasteiger partial charge in [-0.25, -0.2) is 9.78 Å². The first kappa shape index (κ1) is 28.5. The number of nitrogens with one attached hydrogen (secondary N) is 1. The number of carbonyl (C=O) groups excluding carboxylic acids is 2. The third-order valence-electron chi connectivity index (χ3n) is 7.39. The van der Waals surface area contributed by atoms with E-state index >= 15 is 0 Å². The number of rotatable bonds is 8. The maximum atomic E-state index is 14.3. The number of carboxylic acid groups (broad SMARTS) is 1. The van der Waals surface area contributed by atoms with Gasteiger partial charge in [0.25, 0.3) is 5.91 Å². The van der Waals surface area contributed by atoms with Crippen LogP contribution in [0.15, 0.2) is 66.2 Å². The molecule has 3 aromatic rings. The Labute approximate surface area is 234 Å². The summed E-state index contributed by atoms with van der Waals surface area (Å²) in [5.74, 6) is -2.59. The van der Waals surface area contributed by atoms with Crippen LogP contribution in [0.4, 0.5) is 0 Å². The lowest BCUT2D eigenvalue weighted by Crippen LogP contribution is -2.54. The van der Waals surface area contributed by atoms with Crippen LogP contribution in [-0.2, 0) is 21.5 Å². The summed E-state index contributed by atoms with van der Waals surface area (Å²) in [4.78, 5) is 47.0. The summed E-state index contributed by atoms with van der Waals surface area (Å²) in [6.45, 7) is 10.5. The van der Waals surface area contributed by atoms with E-state index < -0.39 is 29.4 Å². The van der Waals surface area contributed by atoms with Crippen molar-refractivity contribution in [3.63, 3.8) is 0 Å². The van der Waals surface area contributed by atoms with E-state index in [1.165, 1.54) is 16.2 Å². The molecule has 1 aromatic heterocycles. The van der Waals surface area contributed by atoms with Gasteiger partial charge in [-0.2, -0.15) is 0 Å². The van der Waals surface area contributed by atoms with Crippen molar-refractivity contribution in [2.75, 3.05) is 0 Å². The van der Waals surface area contributed by atoms with Gasteiger partial charge in [0, 0.05) is 23.7 Å². The molecule has 0 unspecified atom stereocenters. The van der Waals surface area contributed by atoms with Crippen molar-refractivity contribution < 1.29 is 19.5 Å². The van der Waals surface area contributed by atoms with Gasteiger partial charge < -0.3 is 15.3 Å². The number of aromatic nitrogens is 1. The molecule has 2 heterocycles. The lowest BCUT2D eigenvalue weighted by molar-refractivity contribution is -0.150. The Morgan fingerprint density at radius 1 is 1.10 bits per heavy atom. The summed E-state index contributed by atoms with van der Waals surface area (Å²) in [7, 11) is 0. The Balaban J connectivity index is 1.78. The number of nitrogens with zero attached hydrogens (tertiary/aromatic N) is 2. The topological polar surface area (TPSA) is 99.6 Å². The smallest absolute Gasteiger partial charge is 0.329 e. The number of aliphatic carboxylic acids is 1. The normalized spacial score (nSPS) is 21.2. The number of hydrogen-bond donors (Lipinski definition) is 2. The summed E-state index contributed by atoms with van der Waals surface area (Å²) in [5, 5.41) is 16.0. The molecule has 8 heteroatoms. The maximum Gasteiger partial charge on any atom is 0.329 e. The van der Waals surface area contributed by atoms with Gasteiger partial charge in [0.2, 0.25) is 5.91 Å². The van der Waals surface area contributed by atoms with Crippen LogP contribution < -0.4 is 5.32 Å². The highest BCUT2D eigenvalue weighted by Gasteiger charge is 2.61. The second-order valence-corrected chi connectivity index (χ2v) is 12.7. The van der Waals surface area contributed by atoms with Crippen molar-refractivity contribution in [1.82, 2.24) is 15.2 Å². The fraction of sp³-hybridized carbons (Fsp3) is 0.419. The van der Waals surface area contributed by atoms with Crippen LogP contribution in [0.5, 0.6) is 0 Å². The molecule has 0 bridgehead atoms. The molecule has 2 N–H and O–H groups in total. The highest BCUT2D eigenvalue weighted by atomic mass is 32.1. The molecule has 39 heavy (non-hydrogen) atoms. The maximum absolute atomic E-state index is 14.3. The second kappa shape index (κ2) is 11.3. The molecule has 1 aliphatic heterocycles. The van der Waals surface area contributed by atoms with Crippen LogP contribution in [0.3, 0.4) is 0 Å². The van der Waals surface area contributed by atoms with Crippen LogP contribution in [0.25, 0.3) is 0 Å². The van der Waals surface area contributed by atoms with E-state index in [-0.39, 0.29) is 30.1 Å². The summed E-state index contributed by atoms with van der Waals surface area (Å²) >= 11 is 1.33. The van der Waals surface area contributed by atoms with Crippen molar-refractivity contribution >= 4 is 29.1 Å². The molecule has 2 aromatic carbocycles. The zero-order chi connectivity index (χ0) is 28.4. The van der Waals surface area contributed by atoms with E-state index in [1.807, 2.05) is 56.3 Å². The Bertz CT molecular complexity index is 1300. The minimum atomic E-state index is -1.56. The lowest BCUT2D eigenvalue weighted by atomic mass is 9.83. The fourth-order valence-electron chi connectivity index (χ4n) is 5.54. The Morgan fingerprint density at radius 3 is 2.31 bits per heavy atom. The minimum Gasteiger partial charge on any atom is -0.479 e. The quantitative estimate of drug-likeness (QED) is 0.370. The largest absolute Gasteiger partial charge is 0.479 e. The number of benzene rings is 2. The van der Waals surface area contributed by atoms with Gasteiger partial charge in [-0.05, 0) is 47.4 Å². The zero-order valence-electron chi connectivity index (χ0n) is 23.2. The van der Waals surface area contributed by atoms with Gasteiger partial charge in [-0.3, -0.25) is 9.59 Å². The van der Waals surface area contributed by atoms with Gasteiger partial charge in [0.15, 0.2) is 0 Å². The van der Waals surface area contributed by atoms with Gasteiger partial charge in [0.1, 0.15) is 10.5 Å². The van der Waals surface area contributed by atoms with E-state index in [2.05, 4.69) is 31.1 Å². The van der Waals surface area contributed by atoms with Crippen molar-refractivity contribution in [3.05, 3.63) is 87.9 Å². The minimum absolute atomic E-state index is 0.0111. The molecule has 0 saturated carbocycles. The summed E-state index contributed by atoms with van der Waals surface area (Å²) in [6.07, 6.45) is 1.86. The van der Waals surface area contributed by atoms with Crippen molar-refractivity contribution in [2.24, 2.45) is 11.8 Å². The van der Waals surface area contributed by atoms with Crippen LogP contribution in [-0.4, -0.2) is 38.3 Å². The molecule has 7 nitrogen and oxygen atoms in total. The van der Waals surface area contributed by atoms with Crippen LogP contribution in [0.2, 0.25) is 0 Å². The van der Waals surface area contributed by atoms with Crippen LogP contribution in [0, 0.1) is 11.8 Å². The lowest BCUT2D eigenvalue weighted by Gasteiger charge is -2.38. The molecule has 1 fully saturated rings. The first-order valence-corrected chi connectivity index (χ1v) is 14.2. The molecule has 206 valence electrons. The van der Waals surface area contributed by atoms with E-state index in [1.54, 1.807) is 23.7 Å². The molecule has 2 amide bonds. The average Bonchev–Trinajstić information content (AvgIpc) is 3.53. The first-order valence-electron chi connectivity index (χ1n) is 13.3. The molecule has 1 aliphatic rings. The summed E-state index contributed by atoms with van der Waals surface area (Å²) < 4.78 is 0. The number of amides is 2. The van der Waals surface area contributed by atoms with E-state index in [4.69, 9.17) is 0 Å². The predicted octanol–water partition coefficient (Wildman–Crippen LogP) is 5.83. The summed E-state index contributed by atoms with van der Waals surface area (Å²) in [6, 6.07) is 16.1. The molecule has 1 saturated heterocycles. The van der Waals surface area contributed by atoms with Crippen molar-refractivity contribution in [1.29, 1.82) is 0 Å². The van der Waals surface area contributed by atoms with Gasteiger partial charge in [0.05, 0.1) is 12.0 Å². The number of carboxylic acids is 1. The van der Waals surface area contributed by atoms with Crippen molar-refractivity contribution in [2.45, 2.75) is 71.0 Å². The molecule has 4 rings (SSSR count). The molecule has 3 atom stereocenters. The monoisotopic (exact) mass is 547 g/mol. The Kier molecular flexibility index (Phi) is 8.25. The average molecular weight is 548 g/mol. The van der Waals surface area contributed by atoms with Crippen LogP contribution >= 0.6 is 11.3 Å². The third kappa shape index (κ3) is 5.91. The molecule has 0 radical (unpaired) electrons. The predicted molar refractivity (Wildman–Crippen MR) is 152 cm³/mol. The Hall–Kier alpha value is -3.52. The van der Waals surface area contributed by atoms with E-state index in [9.17, 15) is 19.5 Å². The van der Waals surface area contributed by atoms with E-state index in [0.29, 0.717) is 17.1 Å². The highest BCUT2D eigenvalue weighted by Crippen LogP contribution is 2.51. The third-order valence-corrected chi connectivity index (χ3v) is 8.24. The molecular formula is C31H37N3O4S.